The summed E-state index contributed by atoms with van der Waals surface area (Å²) >= 11 is 0. The molecule has 0 aromatic heterocycles. The number of rotatable bonds is 8. The Morgan fingerprint density at radius 2 is 2.00 bits per heavy atom. The summed E-state index contributed by atoms with van der Waals surface area (Å²) in [6, 6.07) is 4.39. The van der Waals surface area contributed by atoms with Gasteiger partial charge >= 0.3 is 5.97 Å². The number of piperazine rings is 1. The van der Waals surface area contributed by atoms with Crippen LogP contribution in [0.1, 0.15) is 25.3 Å². The van der Waals surface area contributed by atoms with Gasteiger partial charge in [-0.15, -0.1) is 0 Å². The van der Waals surface area contributed by atoms with Crippen LogP contribution in [0.4, 0.5) is 0 Å². The van der Waals surface area contributed by atoms with Crippen LogP contribution in [0.5, 0.6) is 11.5 Å². The van der Waals surface area contributed by atoms with Gasteiger partial charge in [0.05, 0.1) is 27.2 Å². The third-order valence-electron chi connectivity index (χ3n) is 4.27. The van der Waals surface area contributed by atoms with E-state index in [-0.39, 0.29) is 18.2 Å². The summed E-state index contributed by atoms with van der Waals surface area (Å²) in [6.07, 6.45) is 3.54. The molecule has 152 valence electrons. The minimum atomic E-state index is -0.874. The normalized spacial score (nSPS) is 16.6. The van der Waals surface area contributed by atoms with Gasteiger partial charge in [0.2, 0.25) is 11.8 Å². The molecule has 8 heteroatoms. The molecule has 1 aromatic carbocycles. The fraction of sp³-hybridized carbons (Fsp3) is 0.450. The zero-order valence-electron chi connectivity index (χ0n) is 16.4. The summed E-state index contributed by atoms with van der Waals surface area (Å²) in [6.45, 7) is 2.84. The highest BCUT2D eigenvalue weighted by Crippen LogP contribution is 2.28. The number of hydrogen-bond donors (Lipinski definition) is 1. The second-order valence-corrected chi connectivity index (χ2v) is 6.21. The smallest absolute Gasteiger partial charge is 0.308 e. The summed E-state index contributed by atoms with van der Waals surface area (Å²) in [4.78, 5) is 38.1. The number of ether oxygens (including phenoxy) is 3. The largest absolute Gasteiger partial charge is 0.493 e. The fourth-order valence-electron chi connectivity index (χ4n) is 2.83. The summed E-state index contributed by atoms with van der Waals surface area (Å²) in [5.74, 6) is -0.0635. The topological polar surface area (TPSA) is 94.2 Å². The number of benzene rings is 1. The molecule has 2 amide bonds. The van der Waals surface area contributed by atoms with Crippen LogP contribution in [0.2, 0.25) is 0 Å². The average Bonchev–Trinajstić information content (AvgIpc) is 2.71. The maximum atomic E-state index is 12.7. The standard InChI is InChI=1S/C20H26N2O6/c1-4-11-28-19(24)13-15-20(25)21-9-10-22(15)18(23)8-6-14-5-7-16(26-2)17(12-14)27-3/h5-8,12,15H,4,9-11,13H2,1-3H3,(H,21,25)/b8-6+. The second kappa shape index (κ2) is 10.3. The van der Waals surface area contributed by atoms with E-state index in [0.29, 0.717) is 37.6 Å². The van der Waals surface area contributed by atoms with Crippen molar-refractivity contribution in [3.63, 3.8) is 0 Å². The fourth-order valence-corrected chi connectivity index (χ4v) is 2.83. The van der Waals surface area contributed by atoms with Gasteiger partial charge in [-0.1, -0.05) is 13.0 Å². The Morgan fingerprint density at radius 3 is 2.68 bits per heavy atom. The minimum Gasteiger partial charge on any atom is -0.493 e. The number of methoxy groups -OCH3 is 2. The number of hydrogen-bond acceptors (Lipinski definition) is 6. The lowest BCUT2D eigenvalue weighted by atomic mass is 10.1. The lowest BCUT2D eigenvalue weighted by molar-refractivity contribution is -0.150. The van der Waals surface area contributed by atoms with Crippen molar-refractivity contribution in [2.45, 2.75) is 25.8 Å². The monoisotopic (exact) mass is 390 g/mol. The van der Waals surface area contributed by atoms with Crippen molar-refractivity contribution >= 4 is 23.9 Å². The Bertz CT molecular complexity index is 746. The first kappa shape index (κ1) is 21.3. The Balaban J connectivity index is 2.10. The van der Waals surface area contributed by atoms with Crippen LogP contribution in [-0.4, -0.2) is 62.6 Å². The third kappa shape index (κ3) is 5.48. The van der Waals surface area contributed by atoms with Crippen LogP contribution < -0.4 is 14.8 Å². The predicted octanol–water partition coefficient (Wildman–Crippen LogP) is 1.39. The predicted molar refractivity (Wildman–Crippen MR) is 103 cm³/mol. The molecule has 1 heterocycles. The first-order valence-corrected chi connectivity index (χ1v) is 9.14. The number of carbonyl (C=O) groups excluding carboxylic acids is 3. The number of esters is 1. The van der Waals surface area contributed by atoms with Crippen molar-refractivity contribution in [3.05, 3.63) is 29.8 Å². The highest BCUT2D eigenvalue weighted by atomic mass is 16.5. The van der Waals surface area contributed by atoms with Crippen molar-refractivity contribution in [2.24, 2.45) is 0 Å². The molecular formula is C20H26N2O6. The number of nitrogens with zero attached hydrogens (tertiary/aromatic N) is 1. The Kier molecular flexibility index (Phi) is 7.86. The lowest BCUT2D eigenvalue weighted by Gasteiger charge is -2.33. The van der Waals surface area contributed by atoms with Crippen LogP contribution in [0.3, 0.4) is 0 Å². The molecule has 0 bridgehead atoms. The number of amides is 2. The molecule has 1 atom stereocenters. The van der Waals surface area contributed by atoms with Gasteiger partial charge in [0.15, 0.2) is 11.5 Å². The van der Waals surface area contributed by atoms with Crippen molar-refractivity contribution < 1.29 is 28.6 Å². The maximum Gasteiger partial charge on any atom is 0.308 e. The molecule has 1 saturated heterocycles. The van der Waals surface area contributed by atoms with Crippen molar-refractivity contribution in [1.82, 2.24) is 10.2 Å². The van der Waals surface area contributed by atoms with Crippen LogP contribution in [0, 0.1) is 0 Å². The van der Waals surface area contributed by atoms with E-state index < -0.39 is 12.0 Å². The van der Waals surface area contributed by atoms with E-state index in [1.165, 1.54) is 18.1 Å². The second-order valence-electron chi connectivity index (χ2n) is 6.21. The highest BCUT2D eigenvalue weighted by molar-refractivity contribution is 5.97. The quantitative estimate of drug-likeness (QED) is 0.532. The van der Waals surface area contributed by atoms with E-state index in [0.717, 1.165) is 5.56 Å². The molecule has 1 aliphatic heterocycles. The molecule has 8 nitrogen and oxygen atoms in total. The van der Waals surface area contributed by atoms with Crippen molar-refractivity contribution in [1.29, 1.82) is 0 Å². The Morgan fingerprint density at radius 1 is 1.25 bits per heavy atom. The zero-order valence-corrected chi connectivity index (χ0v) is 16.4. The van der Waals surface area contributed by atoms with Gasteiger partial charge in [-0.25, -0.2) is 0 Å². The summed E-state index contributed by atoms with van der Waals surface area (Å²) < 4.78 is 15.5. The first-order valence-electron chi connectivity index (χ1n) is 9.14. The molecule has 0 spiro atoms. The first-order chi connectivity index (χ1) is 13.5. The van der Waals surface area contributed by atoms with E-state index >= 15 is 0 Å². The molecule has 1 fully saturated rings. The third-order valence-corrected chi connectivity index (χ3v) is 4.27. The zero-order chi connectivity index (χ0) is 20.5. The van der Waals surface area contributed by atoms with Gasteiger partial charge in [-0.05, 0) is 30.2 Å². The van der Waals surface area contributed by atoms with E-state index in [1.54, 1.807) is 31.4 Å². The highest BCUT2D eigenvalue weighted by Gasteiger charge is 2.34. The van der Waals surface area contributed by atoms with Crippen molar-refractivity contribution in [2.75, 3.05) is 33.9 Å². The van der Waals surface area contributed by atoms with Crippen molar-refractivity contribution in [3.8, 4) is 11.5 Å². The summed E-state index contributed by atoms with van der Waals surface area (Å²) in [5.41, 5.74) is 0.742. The van der Waals surface area contributed by atoms with Crippen LogP contribution in [0.25, 0.3) is 6.08 Å². The van der Waals surface area contributed by atoms with Crippen LogP contribution in [-0.2, 0) is 19.1 Å². The van der Waals surface area contributed by atoms with Gasteiger partial charge in [0.25, 0.3) is 0 Å². The van der Waals surface area contributed by atoms with E-state index in [2.05, 4.69) is 5.32 Å². The van der Waals surface area contributed by atoms with Gasteiger partial charge in [-0.3, -0.25) is 14.4 Å². The summed E-state index contributed by atoms with van der Waals surface area (Å²) in [7, 11) is 3.08. The van der Waals surface area contributed by atoms with E-state index in [1.807, 2.05) is 6.92 Å². The molecule has 28 heavy (non-hydrogen) atoms. The lowest BCUT2D eigenvalue weighted by Crippen LogP contribution is -2.57. The SMILES string of the molecule is CCCOC(=O)CC1C(=O)NCCN1C(=O)/C=C/c1ccc(OC)c(OC)c1. The van der Waals surface area contributed by atoms with Gasteiger partial charge in [0, 0.05) is 19.2 Å². The van der Waals surface area contributed by atoms with E-state index in [4.69, 9.17) is 14.2 Å². The molecular weight excluding hydrogens is 364 g/mol. The molecule has 0 aliphatic carbocycles. The van der Waals surface area contributed by atoms with Crippen LogP contribution >= 0.6 is 0 Å². The number of carbonyl (C=O) groups is 3. The number of nitrogens with one attached hydrogen (secondary N) is 1. The molecule has 2 rings (SSSR count). The molecule has 1 N–H and O–H groups in total. The van der Waals surface area contributed by atoms with Crippen LogP contribution in [0.15, 0.2) is 24.3 Å². The summed E-state index contributed by atoms with van der Waals surface area (Å²) in [5, 5.41) is 2.68. The van der Waals surface area contributed by atoms with Gasteiger partial charge in [-0.2, -0.15) is 0 Å². The average molecular weight is 390 g/mol. The minimum absolute atomic E-state index is 0.165. The Labute approximate surface area is 164 Å². The Hall–Kier alpha value is -3.03. The molecule has 1 aromatic rings. The molecule has 1 aliphatic rings. The molecule has 1 unspecified atom stereocenters. The van der Waals surface area contributed by atoms with E-state index in [9.17, 15) is 14.4 Å². The van der Waals surface area contributed by atoms with Gasteiger partial charge in [0.1, 0.15) is 6.04 Å². The molecule has 0 radical (unpaired) electrons. The molecule has 0 saturated carbocycles. The maximum absolute atomic E-state index is 12.7. The van der Waals surface area contributed by atoms with Gasteiger partial charge < -0.3 is 24.4 Å².